The van der Waals surface area contributed by atoms with E-state index in [0.717, 1.165) is 27.7 Å². The lowest BCUT2D eigenvalue weighted by Gasteiger charge is -2.52. The van der Waals surface area contributed by atoms with Gasteiger partial charge in [-0.2, -0.15) is 0 Å². The molecule has 30 N–H and O–H groups in total. The summed E-state index contributed by atoms with van der Waals surface area (Å²) in [7, 11) is 0. The molecule has 9 rings (SSSR count). The third kappa shape index (κ3) is 22.5. The van der Waals surface area contributed by atoms with E-state index in [1.165, 1.54) is 20.8 Å². The Balaban J connectivity index is 1.04. The third-order valence-corrected chi connectivity index (χ3v) is 22.5. The topological polar surface area (TPSA) is 843 Å². The Morgan fingerprint density at radius 2 is 0.669 bits per heavy atom. The summed E-state index contributed by atoms with van der Waals surface area (Å²) < 4.78 is 108. The maximum Gasteiger partial charge on any atom is 0.364 e. The lowest BCUT2D eigenvalue weighted by molar-refractivity contribution is -0.398. The molecule has 9 fully saturated rings. The molecule has 0 saturated carbocycles. The molecule has 0 aliphatic carbocycles. The molecule has 0 bridgehead atoms. The van der Waals surface area contributed by atoms with Gasteiger partial charge in [0.15, 0.2) is 44.0 Å². The van der Waals surface area contributed by atoms with Gasteiger partial charge < -0.3 is 239 Å². The van der Waals surface area contributed by atoms with Crippen molar-refractivity contribution in [2.24, 2.45) is 0 Å². The van der Waals surface area contributed by atoms with E-state index < -0.39 is 382 Å². The minimum absolute atomic E-state index is 0.326. The number of carbonyl (C=O) groups excluding carboxylic acids is 4. The molecule has 124 heavy (non-hydrogen) atoms. The summed E-state index contributed by atoms with van der Waals surface area (Å²) in [6.07, 6.45) is -90.9. The number of hydrogen-bond donors (Lipinski definition) is 30. The number of aliphatic hydroxyl groups is 24. The number of hydrogen-bond acceptors (Lipinski definition) is 48. The smallest absolute Gasteiger partial charge is 0.364 e. The largest absolute Gasteiger partial charge is 0.477 e. The van der Waals surface area contributed by atoms with Crippen molar-refractivity contribution in [3.63, 3.8) is 0 Å². The van der Waals surface area contributed by atoms with Crippen LogP contribution in [0.2, 0.25) is 0 Å². The van der Waals surface area contributed by atoms with Crippen LogP contribution < -0.4 is 21.3 Å². The molecule has 0 radical (unpaired) electrons. The number of carbonyl (C=O) groups is 6. The number of amides is 4. The predicted octanol–water partition coefficient (Wildman–Crippen LogP) is -18.5. The van der Waals surface area contributed by atoms with Gasteiger partial charge in [-0.25, -0.2) is 9.59 Å². The summed E-state index contributed by atoms with van der Waals surface area (Å²) in [6, 6.07) is -7.59. The van der Waals surface area contributed by atoms with Crippen LogP contribution in [0, 0.1) is 0 Å². The zero-order chi connectivity index (χ0) is 92.1. The fraction of sp³-hybridized carbons (Fsp3) is 0.914. The number of carboxylic acid groups (broad SMARTS) is 2. The van der Waals surface area contributed by atoms with Crippen molar-refractivity contribution in [3.05, 3.63) is 0 Å². The third-order valence-electron chi connectivity index (χ3n) is 22.5. The van der Waals surface area contributed by atoms with Gasteiger partial charge in [0.1, 0.15) is 195 Å². The van der Waals surface area contributed by atoms with Crippen molar-refractivity contribution < 1.29 is 247 Å². The first-order valence-electron chi connectivity index (χ1n) is 39.6. The molecule has 47 atom stereocenters. The van der Waals surface area contributed by atoms with Crippen molar-refractivity contribution in [2.45, 2.75) is 349 Å². The van der Waals surface area contributed by atoms with Crippen LogP contribution in [0.25, 0.3) is 0 Å². The van der Waals surface area contributed by atoms with Crippen LogP contribution in [0.4, 0.5) is 0 Å². The molecule has 54 nitrogen and oxygen atoms in total. The molecule has 0 aromatic carbocycles. The minimum atomic E-state index is -3.34. The van der Waals surface area contributed by atoms with Gasteiger partial charge in [-0.15, -0.1) is 0 Å². The number of carboxylic acids is 2. The van der Waals surface area contributed by atoms with Crippen LogP contribution in [0.3, 0.4) is 0 Å². The number of nitrogens with one attached hydrogen (secondary N) is 4. The van der Waals surface area contributed by atoms with Gasteiger partial charge in [-0.1, -0.05) is 0 Å². The van der Waals surface area contributed by atoms with Crippen LogP contribution in [0.15, 0.2) is 0 Å². The van der Waals surface area contributed by atoms with E-state index >= 15 is 0 Å². The van der Waals surface area contributed by atoms with E-state index in [2.05, 4.69) is 21.3 Å². The molecule has 9 aliphatic rings. The van der Waals surface area contributed by atoms with Crippen molar-refractivity contribution in [1.29, 1.82) is 0 Å². The van der Waals surface area contributed by atoms with Crippen molar-refractivity contribution in [1.82, 2.24) is 21.3 Å². The lowest BCUT2D eigenvalue weighted by Crippen LogP contribution is -2.72. The van der Waals surface area contributed by atoms with Crippen LogP contribution in [0.5, 0.6) is 0 Å². The summed E-state index contributed by atoms with van der Waals surface area (Å²) in [5.74, 6) is -14.8. The second kappa shape index (κ2) is 43.9. The van der Waals surface area contributed by atoms with Crippen molar-refractivity contribution in [3.8, 4) is 0 Å². The molecular weight excluding hydrogens is 1700 g/mol. The summed E-state index contributed by atoms with van der Waals surface area (Å²) >= 11 is 0. The Bertz CT molecular complexity index is 3450. The second-order valence-electron chi connectivity index (χ2n) is 31.4. The Morgan fingerprint density at radius 1 is 0.355 bits per heavy atom. The summed E-state index contributed by atoms with van der Waals surface area (Å²) in [4.78, 5) is 78.7. The molecule has 2 unspecified atom stereocenters. The van der Waals surface area contributed by atoms with Gasteiger partial charge in [0.05, 0.1) is 82.7 Å². The van der Waals surface area contributed by atoms with E-state index in [4.69, 9.17) is 85.3 Å². The lowest BCUT2D eigenvalue weighted by atomic mass is 9.88. The number of ether oxygens (including phenoxy) is 18. The Labute approximate surface area is 703 Å². The molecule has 0 spiro atoms. The molecular formula is C70H116N4O50. The maximum absolute atomic E-state index is 13.6. The maximum atomic E-state index is 13.6. The van der Waals surface area contributed by atoms with E-state index in [0.29, 0.717) is 0 Å². The summed E-state index contributed by atoms with van der Waals surface area (Å²) in [5, 5.41) is 300. The van der Waals surface area contributed by atoms with Gasteiger partial charge in [-0.3, -0.25) is 19.2 Å². The van der Waals surface area contributed by atoms with Crippen LogP contribution in [-0.2, 0) is 114 Å². The minimum Gasteiger partial charge on any atom is -0.477 e. The van der Waals surface area contributed by atoms with E-state index in [1.807, 2.05) is 0 Å². The number of aliphatic hydroxyl groups excluding tert-OH is 24. The van der Waals surface area contributed by atoms with E-state index in [-0.39, 0.29) is 6.61 Å². The van der Waals surface area contributed by atoms with Crippen LogP contribution in [0.1, 0.15) is 61.3 Å². The molecule has 0 aromatic heterocycles. The molecule has 716 valence electrons. The standard InChI is InChI=1S/C70H116N4O50/c1-8-107-62-48(100)57(120-61-36(74-23(7)84)56(119-64-47(99)45(97)38(90)19(3)110-64)52(31(16-80)114-61)117-66-50(102)59(42(94)29(14-78)112-66)124-70(68(105)106)10-25(86)34(72-21(5)82)54(122-70)40(92)27(88)12-76)43(95)32(115-62)17-108-60-35(73-22(6)83)55(118-63-46(98)44(96)37(89)18(2)109-63)51(30(15-79)113-60)116-65-49(101)58(41(93)28(13-77)111-65)123-69(67(103)104)9-24(85)33(71-20(4)81)53(121-69)39(91)26(87)11-75/h18-19,24-66,75-80,85-102H,8-17H2,1-7H3,(H,71,81)(H,72,82)(H,73,83)(H,74,84)(H,103,104)(H,105,106)/t18-,19+,24-,25-,26+,27+,28+,29-,30+,31+,32-,33+,34-,35+,36+,37+,38+,39?,40?,41-,42-,43-,44-,45-,46-,47+,48+,49+,50+,51+,52-,53+,54+,55+,56+,57-,58-,59+,60+,61-,62+,63-,64-,65-,66-,69-,70-/m0/s1. The summed E-state index contributed by atoms with van der Waals surface area (Å²) in [6.45, 7) is -1.31. The number of rotatable bonds is 35. The van der Waals surface area contributed by atoms with Gasteiger partial charge in [0, 0.05) is 47.1 Å². The quantitative estimate of drug-likeness (QED) is 0.0280. The van der Waals surface area contributed by atoms with Gasteiger partial charge in [0.2, 0.25) is 23.6 Å². The van der Waals surface area contributed by atoms with E-state index in [9.17, 15) is 162 Å². The van der Waals surface area contributed by atoms with Crippen LogP contribution >= 0.6 is 0 Å². The molecule has 9 aliphatic heterocycles. The zero-order valence-electron chi connectivity index (χ0n) is 67.5. The Hall–Kier alpha value is -4.86. The summed E-state index contributed by atoms with van der Waals surface area (Å²) in [5.41, 5.74) is 0. The molecule has 9 saturated heterocycles. The Morgan fingerprint density at radius 3 is 1.02 bits per heavy atom. The van der Waals surface area contributed by atoms with Crippen molar-refractivity contribution in [2.75, 3.05) is 52.9 Å². The highest BCUT2D eigenvalue weighted by atomic mass is 16.8. The molecule has 54 heteroatoms. The number of aliphatic carboxylic acids is 2. The fourth-order valence-corrected chi connectivity index (χ4v) is 16.1. The molecule has 4 amide bonds. The first-order chi connectivity index (χ1) is 58.3. The normalized spacial score (nSPS) is 46.3. The fourth-order valence-electron chi connectivity index (χ4n) is 16.1. The average Bonchev–Trinajstić information content (AvgIpc) is 0.753. The molecule has 0 aromatic rings. The monoisotopic (exact) mass is 1810 g/mol. The van der Waals surface area contributed by atoms with Gasteiger partial charge >= 0.3 is 11.9 Å². The predicted molar refractivity (Wildman–Crippen MR) is 384 cm³/mol. The second-order valence-corrected chi connectivity index (χ2v) is 31.4. The highest BCUT2D eigenvalue weighted by molar-refractivity contribution is 5.78. The Kier molecular flexibility index (Phi) is 36.4. The zero-order valence-corrected chi connectivity index (χ0v) is 67.5. The molecule has 9 heterocycles. The van der Waals surface area contributed by atoms with Gasteiger partial charge in [-0.05, 0) is 20.8 Å². The highest BCUT2D eigenvalue weighted by Gasteiger charge is 2.65. The first-order valence-corrected chi connectivity index (χ1v) is 39.6. The SMILES string of the molecule is CCO[C@@H]1O[C@@H](CO[C@@H]2O[C@H](CO)[C@@H](O[C@@H]3O[C@H](CO)[C@H](O)[C@H](O[C@]4(C(=O)O)C[C@H](O)[C@@H](NC(C)=O)[C@H](C(O)[C@H](O)CO)O4)[C@H]3O)[C@H](O[C@@H]3O[C@@H](C)[C@@H](O)[C@H](O)[C@@H]3O)[C@H]2NC(C)=O)[C@H](O)[C@H](O[C@@H]2O[C@H](CO)[C@H](O[C@@H]3O[C@@H](CO)[C@H](O)[C@@H](O[C@]4(C(=O)O)C[C@H](O)[C@H](NC(C)=O)[C@H](C(O)[C@H](O)CO)O4)[C@H]3O)[C@H](O[C@@H]3O[C@H](C)[C@@H](O)[C@H](O)[C@H]3O)[C@H]2NC(C)=O)[C@H]1O. The van der Waals surface area contributed by atoms with E-state index in [1.54, 1.807) is 0 Å². The average molecular weight is 1810 g/mol. The van der Waals surface area contributed by atoms with Crippen molar-refractivity contribution >= 4 is 35.6 Å². The van der Waals surface area contributed by atoms with Crippen LogP contribution in [-0.4, -0.2) is 508 Å². The van der Waals surface area contributed by atoms with Gasteiger partial charge in [0.25, 0.3) is 11.6 Å². The first kappa shape index (κ1) is 103. The highest BCUT2D eigenvalue weighted by Crippen LogP contribution is 2.44.